The minimum atomic E-state index is -0.183. The Morgan fingerprint density at radius 3 is 2.42 bits per heavy atom. The molecule has 0 aliphatic rings. The van der Waals surface area contributed by atoms with Gasteiger partial charge in [-0.2, -0.15) is 0 Å². The molecular formula is C19H26N4O. The summed E-state index contributed by atoms with van der Waals surface area (Å²) in [5.41, 5.74) is 2.67. The lowest BCUT2D eigenvalue weighted by molar-refractivity contribution is 0.0934. The van der Waals surface area contributed by atoms with Crippen LogP contribution in [0, 0.1) is 0 Å². The number of nitrogens with one attached hydrogen (secondary N) is 2. The molecule has 0 bridgehead atoms. The van der Waals surface area contributed by atoms with Crippen molar-refractivity contribution >= 4 is 17.4 Å². The van der Waals surface area contributed by atoms with Crippen LogP contribution in [0.3, 0.4) is 0 Å². The molecule has 0 saturated heterocycles. The summed E-state index contributed by atoms with van der Waals surface area (Å²) in [6.07, 6.45) is 2.28. The number of rotatable bonds is 5. The minimum absolute atomic E-state index is 0.119. The summed E-state index contributed by atoms with van der Waals surface area (Å²) in [6.45, 7) is 10.5. The number of benzene rings is 1. The van der Waals surface area contributed by atoms with Gasteiger partial charge in [-0.05, 0) is 36.5 Å². The Morgan fingerprint density at radius 1 is 1.17 bits per heavy atom. The van der Waals surface area contributed by atoms with Crippen LogP contribution in [0.2, 0.25) is 0 Å². The first kappa shape index (κ1) is 17.9. The number of nitrogens with zero attached hydrogens (tertiary/aromatic N) is 2. The van der Waals surface area contributed by atoms with Gasteiger partial charge in [-0.1, -0.05) is 39.8 Å². The van der Waals surface area contributed by atoms with Crippen molar-refractivity contribution in [1.82, 2.24) is 15.3 Å². The van der Waals surface area contributed by atoms with Crippen molar-refractivity contribution in [1.29, 1.82) is 0 Å². The highest BCUT2D eigenvalue weighted by atomic mass is 16.1. The summed E-state index contributed by atoms with van der Waals surface area (Å²) >= 11 is 0. The van der Waals surface area contributed by atoms with Crippen LogP contribution in [0.4, 0.5) is 11.5 Å². The van der Waals surface area contributed by atoms with Gasteiger partial charge in [-0.15, -0.1) is 0 Å². The predicted octanol–water partition coefficient (Wildman–Crippen LogP) is 4.05. The van der Waals surface area contributed by atoms with Crippen LogP contribution in [0.25, 0.3) is 0 Å². The van der Waals surface area contributed by atoms with Gasteiger partial charge >= 0.3 is 0 Å². The van der Waals surface area contributed by atoms with Gasteiger partial charge in [0.25, 0.3) is 5.91 Å². The number of hydrogen-bond donors (Lipinski definition) is 2. The number of carbonyl (C=O) groups excluding carboxylic acids is 1. The monoisotopic (exact) mass is 326 g/mol. The highest BCUT2D eigenvalue weighted by Gasteiger charge is 2.13. The summed E-state index contributed by atoms with van der Waals surface area (Å²) < 4.78 is 0. The zero-order valence-corrected chi connectivity index (χ0v) is 15.1. The SMILES string of the molecule is CCC(C)NC(=O)c1cc(Nc2ccc(C(C)(C)C)cc2)ncn1. The Morgan fingerprint density at radius 2 is 1.83 bits per heavy atom. The molecular weight excluding hydrogens is 300 g/mol. The number of carbonyl (C=O) groups is 1. The predicted molar refractivity (Wildman–Crippen MR) is 97.7 cm³/mol. The second kappa shape index (κ2) is 7.43. The molecule has 1 unspecified atom stereocenters. The van der Waals surface area contributed by atoms with Gasteiger partial charge < -0.3 is 10.6 Å². The molecule has 1 amide bonds. The van der Waals surface area contributed by atoms with Crippen molar-refractivity contribution in [3.63, 3.8) is 0 Å². The third kappa shape index (κ3) is 4.78. The van der Waals surface area contributed by atoms with Crippen LogP contribution in [0.5, 0.6) is 0 Å². The third-order valence-electron chi connectivity index (χ3n) is 3.91. The molecule has 2 rings (SSSR count). The maximum absolute atomic E-state index is 12.1. The number of hydrogen-bond acceptors (Lipinski definition) is 4. The molecule has 0 aliphatic carbocycles. The van der Waals surface area contributed by atoms with E-state index in [1.54, 1.807) is 6.07 Å². The van der Waals surface area contributed by atoms with Gasteiger partial charge in [0.1, 0.15) is 17.8 Å². The summed E-state index contributed by atoms with van der Waals surface area (Å²) in [7, 11) is 0. The molecule has 1 aromatic carbocycles. The highest BCUT2D eigenvalue weighted by Crippen LogP contribution is 2.24. The zero-order chi connectivity index (χ0) is 17.7. The van der Waals surface area contributed by atoms with E-state index in [0.29, 0.717) is 11.5 Å². The zero-order valence-electron chi connectivity index (χ0n) is 15.1. The fourth-order valence-electron chi connectivity index (χ4n) is 2.15. The molecule has 1 heterocycles. The summed E-state index contributed by atoms with van der Waals surface area (Å²) in [5.74, 6) is 0.417. The first-order valence-electron chi connectivity index (χ1n) is 8.30. The van der Waals surface area contributed by atoms with Crippen LogP contribution >= 0.6 is 0 Å². The summed E-state index contributed by atoms with van der Waals surface area (Å²) in [4.78, 5) is 20.4. The van der Waals surface area contributed by atoms with E-state index in [1.165, 1.54) is 11.9 Å². The number of amides is 1. The average Bonchev–Trinajstić information content (AvgIpc) is 2.54. The molecule has 5 nitrogen and oxygen atoms in total. The quantitative estimate of drug-likeness (QED) is 0.870. The van der Waals surface area contributed by atoms with Gasteiger partial charge in [0.2, 0.25) is 0 Å². The highest BCUT2D eigenvalue weighted by molar-refractivity contribution is 5.93. The third-order valence-corrected chi connectivity index (χ3v) is 3.91. The topological polar surface area (TPSA) is 66.9 Å². The molecule has 1 aromatic heterocycles. The van der Waals surface area contributed by atoms with E-state index in [0.717, 1.165) is 12.1 Å². The fraction of sp³-hybridized carbons (Fsp3) is 0.421. The first-order chi connectivity index (χ1) is 11.3. The number of aromatic nitrogens is 2. The van der Waals surface area contributed by atoms with Crippen LogP contribution in [-0.2, 0) is 5.41 Å². The van der Waals surface area contributed by atoms with E-state index in [4.69, 9.17) is 0 Å². The van der Waals surface area contributed by atoms with E-state index < -0.39 is 0 Å². The van der Waals surface area contributed by atoms with Gasteiger partial charge in [-0.3, -0.25) is 4.79 Å². The summed E-state index contributed by atoms with van der Waals surface area (Å²) in [5, 5.41) is 6.12. The Kier molecular flexibility index (Phi) is 5.54. The second-order valence-electron chi connectivity index (χ2n) is 7.02. The van der Waals surface area contributed by atoms with E-state index in [1.807, 2.05) is 26.0 Å². The van der Waals surface area contributed by atoms with Crippen molar-refractivity contribution in [3.05, 3.63) is 47.9 Å². The van der Waals surface area contributed by atoms with Crippen LogP contribution in [0.15, 0.2) is 36.7 Å². The lowest BCUT2D eigenvalue weighted by atomic mass is 9.87. The Balaban J connectivity index is 2.10. The van der Waals surface area contributed by atoms with E-state index in [-0.39, 0.29) is 17.4 Å². The lowest BCUT2D eigenvalue weighted by Crippen LogP contribution is -2.32. The molecule has 0 fully saturated rings. The fourth-order valence-corrected chi connectivity index (χ4v) is 2.15. The molecule has 0 spiro atoms. The Hall–Kier alpha value is -2.43. The molecule has 128 valence electrons. The maximum Gasteiger partial charge on any atom is 0.270 e. The van der Waals surface area contributed by atoms with Crippen LogP contribution in [-0.4, -0.2) is 21.9 Å². The van der Waals surface area contributed by atoms with Crippen molar-refractivity contribution < 1.29 is 4.79 Å². The van der Waals surface area contributed by atoms with E-state index >= 15 is 0 Å². The smallest absolute Gasteiger partial charge is 0.270 e. The standard InChI is InChI=1S/C19H26N4O/c1-6-13(2)22-18(24)16-11-17(21-12-20-16)23-15-9-7-14(8-10-15)19(3,4)5/h7-13H,6H2,1-5H3,(H,22,24)(H,20,21,23). The average molecular weight is 326 g/mol. The molecule has 24 heavy (non-hydrogen) atoms. The number of anilines is 2. The molecule has 0 saturated carbocycles. The van der Waals surface area contributed by atoms with Crippen molar-refractivity contribution in [2.75, 3.05) is 5.32 Å². The minimum Gasteiger partial charge on any atom is -0.348 e. The van der Waals surface area contributed by atoms with Crippen LogP contribution < -0.4 is 10.6 Å². The van der Waals surface area contributed by atoms with Crippen molar-refractivity contribution in [2.45, 2.75) is 52.5 Å². The largest absolute Gasteiger partial charge is 0.348 e. The second-order valence-corrected chi connectivity index (χ2v) is 7.02. The van der Waals surface area contributed by atoms with Gasteiger partial charge in [-0.25, -0.2) is 9.97 Å². The molecule has 2 N–H and O–H groups in total. The molecule has 0 aliphatic heterocycles. The summed E-state index contributed by atoms with van der Waals surface area (Å²) in [6, 6.07) is 10.0. The normalized spacial score (nSPS) is 12.5. The van der Waals surface area contributed by atoms with E-state index in [2.05, 4.69) is 53.5 Å². The lowest BCUT2D eigenvalue weighted by Gasteiger charge is -2.19. The van der Waals surface area contributed by atoms with Gasteiger partial charge in [0.15, 0.2) is 0 Å². The van der Waals surface area contributed by atoms with Gasteiger partial charge in [0.05, 0.1) is 0 Å². The van der Waals surface area contributed by atoms with Gasteiger partial charge in [0, 0.05) is 17.8 Å². The molecule has 2 aromatic rings. The first-order valence-corrected chi connectivity index (χ1v) is 8.30. The molecule has 5 heteroatoms. The maximum atomic E-state index is 12.1. The van der Waals surface area contributed by atoms with Crippen molar-refractivity contribution in [2.24, 2.45) is 0 Å². The molecule has 0 radical (unpaired) electrons. The Labute approximate surface area is 143 Å². The molecule has 1 atom stereocenters. The van der Waals surface area contributed by atoms with Crippen molar-refractivity contribution in [3.8, 4) is 0 Å². The van der Waals surface area contributed by atoms with E-state index in [9.17, 15) is 4.79 Å². The Bertz CT molecular complexity index is 689. The van der Waals surface area contributed by atoms with Crippen LogP contribution in [0.1, 0.15) is 57.1 Å².